The summed E-state index contributed by atoms with van der Waals surface area (Å²) in [6.07, 6.45) is 2.25. The Morgan fingerprint density at radius 3 is 2.15 bits per heavy atom. The Hall–Kier alpha value is -1.42. The van der Waals surface area contributed by atoms with Crippen molar-refractivity contribution in [3.05, 3.63) is 17.7 Å². The molecular formula is C16H25NO3. The molecule has 1 aromatic rings. The third kappa shape index (κ3) is 2.70. The molecule has 1 aliphatic heterocycles. The van der Waals surface area contributed by atoms with E-state index < -0.39 is 0 Å². The first kappa shape index (κ1) is 15.0. The first-order valence-corrected chi connectivity index (χ1v) is 7.20. The summed E-state index contributed by atoms with van der Waals surface area (Å²) in [4.78, 5) is 0. The highest BCUT2D eigenvalue weighted by Gasteiger charge is 2.32. The van der Waals surface area contributed by atoms with Gasteiger partial charge in [0.05, 0.1) is 21.3 Å². The minimum atomic E-state index is 0.490. The SMILES string of the molecule is CCC1NC(C)CC1c1cc(OC)c(OC)c(OC)c1. The molecule has 1 saturated heterocycles. The van der Waals surface area contributed by atoms with Gasteiger partial charge in [-0.3, -0.25) is 0 Å². The highest BCUT2D eigenvalue weighted by molar-refractivity contribution is 5.54. The molecule has 0 aliphatic carbocycles. The summed E-state index contributed by atoms with van der Waals surface area (Å²) in [7, 11) is 4.95. The number of benzene rings is 1. The fraction of sp³-hybridized carbons (Fsp3) is 0.625. The van der Waals surface area contributed by atoms with Crippen LogP contribution in [0.5, 0.6) is 17.2 Å². The molecule has 0 spiro atoms. The molecule has 0 radical (unpaired) electrons. The Bertz CT molecular complexity index is 436. The molecule has 3 unspecified atom stereocenters. The van der Waals surface area contributed by atoms with Crippen LogP contribution in [0.15, 0.2) is 12.1 Å². The van der Waals surface area contributed by atoms with E-state index in [1.807, 2.05) is 0 Å². The fourth-order valence-corrected chi connectivity index (χ4v) is 3.18. The van der Waals surface area contributed by atoms with Crippen molar-refractivity contribution in [1.82, 2.24) is 5.32 Å². The molecule has 0 bridgehead atoms. The van der Waals surface area contributed by atoms with Gasteiger partial charge in [0.1, 0.15) is 0 Å². The van der Waals surface area contributed by atoms with E-state index in [1.54, 1.807) is 21.3 Å². The highest BCUT2D eigenvalue weighted by Crippen LogP contribution is 2.43. The number of nitrogens with one attached hydrogen (secondary N) is 1. The maximum atomic E-state index is 5.45. The van der Waals surface area contributed by atoms with E-state index >= 15 is 0 Å². The molecular weight excluding hydrogens is 254 g/mol. The van der Waals surface area contributed by atoms with Gasteiger partial charge in [-0.05, 0) is 37.5 Å². The molecule has 0 aromatic heterocycles. The molecule has 2 rings (SSSR count). The second kappa shape index (κ2) is 6.35. The van der Waals surface area contributed by atoms with E-state index in [1.165, 1.54) is 5.56 Å². The summed E-state index contributed by atoms with van der Waals surface area (Å²) < 4.78 is 16.3. The normalized spacial score (nSPS) is 25.6. The van der Waals surface area contributed by atoms with Crippen LogP contribution in [-0.2, 0) is 0 Å². The van der Waals surface area contributed by atoms with E-state index in [4.69, 9.17) is 14.2 Å². The molecule has 1 aliphatic rings. The maximum absolute atomic E-state index is 5.45. The molecule has 112 valence electrons. The van der Waals surface area contributed by atoms with Crippen LogP contribution in [0.3, 0.4) is 0 Å². The van der Waals surface area contributed by atoms with Crippen molar-refractivity contribution in [3.63, 3.8) is 0 Å². The summed E-state index contributed by atoms with van der Waals surface area (Å²) in [5.74, 6) is 2.61. The Balaban J connectivity index is 2.41. The van der Waals surface area contributed by atoms with Gasteiger partial charge in [0.2, 0.25) is 5.75 Å². The zero-order valence-corrected chi connectivity index (χ0v) is 13.0. The molecule has 1 heterocycles. The Morgan fingerprint density at radius 1 is 1.10 bits per heavy atom. The smallest absolute Gasteiger partial charge is 0.203 e. The molecule has 1 N–H and O–H groups in total. The van der Waals surface area contributed by atoms with Crippen molar-refractivity contribution in [3.8, 4) is 17.2 Å². The largest absolute Gasteiger partial charge is 0.493 e. The standard InChI is InChI=1S/C16H25NO3/c1-6-13-12(7-10(2)17-13)11-8-14(18-3)16(20-5)15(9-11)19-4/h8-10,12-13,17H,6-7H2,1-5H3. The molecule has 4 nitrogen and oxygen atoms in total. The van der Waals surface area contributed by atoms with Crippen molar-refractivity contribution >= 4 is 0 Å². The second-order valence-corrected chi connectivity index (χ2v) is 5.38. The van der Waals surface area contributed by atoms with Crippen molar-refractivity contribution in [2.45, 2.75) is 44.7 Å². The van der Waals surface area contributed by atoms with Gasteiger partial charge in [0, 0.05) is 18.0 Å². The van der Waals surface area contributed by atoms with Crippen LogP contribution in [0, 0.1) is 0 Å². The van der Waals surface area contributed by atoms with Crippen LogP contribution in [0.2, 0.25) is 0 Å². The van der Waals surface area contributed by atoms with Gasteiger partial charge in [-0.25, -0.2) is 0 Å². The molecule has 3 atom stereocenters. The van der Waals surface area contributed by atoms with Crippen LogP contribution in [0.1, 0.15) is 38.2 Å². The fourth-order valence-electron chi connectivity index (χ4n) is 3.18. The van der Waals surface area contributed by atoms with Gasteiger partial charge in [0.25, 0.3) is 0 Å². The topological polar surface area (TPSA) is 39.7 Å². The number of rotatable bonds is 5. The average molecular weight is 279 g/mol. The summed E-state index contributed by atoms with van der Waals surface area (Å²) in [5.41, 5.74) is 1.25. The van der Waals surface area contributed by atoms with Gasteiger partial charge in [0.15, 0.2) is 11.5 Å². The van der Waals surface area contributed by atoms with Gasteiger partial charge >= 0.3 is 0 Å². The quantitative estimate of drug-likeness (QED) is 0.899. The second-order valence-electron chi connectivity index (χ2n) is 5.38. The lowest BCUT2D eigenvalue weighted by Gasteiger charge is -2.21. The minimum Gasteiger partial charge on any atom is -0.493 e. The summed E-state index contributed by atoms with van der Waals surface area (Å²) in [6, 6.07) is 5.21. The zero-order valence-electron chi connectivity index (χ0n) is 13.0. The number of ether oxygens (including phenoxy) is 3. The third-order valence-corrected chi connectivity index (χ3v) is 4.15. The maximum Gasteiger partial charge on any atom is 0.203 e. The van der Waals surface area contributed by atoms with Gasteiger partial charge in [-0.15, -0.1) is 0 Å². The lowest BCUT2D eigenvalue weighted by Crippen LogP contribution is -2.28. The summed E-state index contributed by atoms with van der Waals surface area (Å²) in [5, 5.41) is 3.64. The van der Waals surface area contributed by atoms with Crippen molar-refractivity contribution in [2.75, 3.05) is 21.3 Å². The Kier molecular flexibility index (Phi) is 4.76. The van der Waals surface area contributed by atoms with Crippen LogP contribution >= 0.6 is 0 Å². The molecule has 20 heavy (non-hydrogen) atoms. The number of hydrogen-bond acceptors (Lipinski definition) is 4. The van der Waals surface area contributed by atoms with Crippen molar-refractivity contribution in [1.29, 1.82) is 0 Å². The van der Waals surface area contributed by atoms with Gasteiger partial charge in [-0.2, -0.15) is 0 Å². The number of hydrogen-bond donors (Lipinski definition) is 1. The van der Waals surface area contributed by atoms with Crippen molar-refractivity contribution < 1.29 is 14.2 Å². The van der Waals surface area contributed by atoms with Gasteiger partial charge < -0.3 is 19.5 Å². The van der Waals surface area contributed by atoms with Crippen molar-refractivity contribution in [2.24, 2.45) is 0 Å². The average Bonchev–Trinajstić information content (AvgIpc) is 2.86. The van der Waals surface area contributed by atoms with E-state index in [-0.39, 0.29) is 0 Å². The summed E-state index contributed by atoms with van der Waals surface area (Å²) >= 11 is 0. The van der Waals surface area contributed by atoms with E-state index in [0.29, 0.717) is 23.8 Å². The third-order valence-electron chi connectivity index (χ3n) is 4.15. The van der Waals surface area contributed by atoms with E-state index in [2.05, 4.69) is 31.3 Å². The predicted octanol–water partition coefficient (Wildman–Crippen LogP) is 2.96. The first-order valence-electron chi connectivity index (χ1n) is 7.20. The zero-order chi connectivity index (χ0) is 14.7. The molecule has 1 fully saturated rings. The molecule has 1 aromatic carbocycles. The lowest BCUT2D eigenvalue weighted by molar-refractivity contribution is 0.323. The van der Waals surface area contributed by atoms with E-state index in [0.717, 1.165) is 24.3 Å². The lowest BCUT2D eigenvalue weighted by atomic mass is 9.89. The van der Waals surface area contributed by atoms with Crippen LogP contribution in [0.25, 0.3) is 0 Å². The molecule has 4 heteroatoms. The van der Waals surface area contributed by atoms with Crippen LogP contribution in [0.4, 0.5) is 0 Å². The van der Waals surface area contributed by atoms with E-state index in [9.17, 15) is 0 Å². The summed E-state index contributed by atoms with van der Waals surface area (Å²) in [6.45, 7) is 4.46. The monoisotopic (exact) mass is 279 g/mol. The first-order chi connectivity index (χ1) is 9.64. The Labute approximate surface area is 121 Å². The highest BCUT2D eigenvalue weighted by atomic mass is 16.5. The van der Waals surface area contributed by atoms with Crippen LogP contribution in [-0.4, -0.2) is 33.4 Å². The number of methoxy groups -OCH3 is 3. The molecule has 0 saturated carbocycles. The minimum absolute atomic E-state index is 0.490. The molecule has 0 amide bonds. The predicted molar refractivity (Wildman–Crippen MR) is 80.1 cm³/mol. The Morgan fingerprint density at radius 2 is 1.70 bits per heavy atom. The van der Waals surface area contributed by atoms with Gasteiger partial charge in [-0.1, -0.05) is 6.92 Å². The van der Waals surface area contributed by atoms with Crippen LogP contribution < -0.4 is 19.5 Å².